The molecule has 0 spiro atoms. The number of ketones is 1. The molecule has 0 saturated carbocycles. The van der Waals surface area contributed by atoms with Gasteiger partial charge in [0.2, 0.25) is 0 Å². The molecule has 0 aromatic rings. The minimum Gasteiger partial charge on any atom is -0.342 e. The molecule has 4 heteroatoms. The van der Waals surface area contributed by atoms with Crippen LogP contribution in [0.2, 0.25) is 0 Å². The molecule has 0 aliphatic rings. The number of likely N-dealkylation sites (N-methyl/N-ethyl adjacent to an activating group) is 1. The van der Waals surface area contributed by atoms with Gasteiger partial charge in [-0.1, -0.05) is 46.9 Å². The Hall–Kier alpha value is -1.42. The number of allylic oxidation sites excluding steroid dienone is 3. The minimum atomic E-state index is -0.204. The molecule has 0 bridgehead atoms. The number of carbonyl (C=O) groups is 1. The molecule has 0 aromatic carbocycles. The van der Waals surface area contributed by atoms with Gasteiger partial charge in [-0.3, -0.25) is 4.79 Å². The smallest absolute Gasteiger partial charge is 0.173 e. The van der Waals surface area contributed by atoms with Crippen molar-refractivity contribution < 1.29 is 6.22 Å². The maximum Gasteiger partial charge on any atom is 0.173 e. The summed E-state index contributed by atoms with van der Waals surface area (Å²) in [7, 11) is 1.87. The van der Waals surface area contributed by atoms with Crippen LogP contribution in [0, 0.1) is 11.8 Å². The molecular formula is C18H32N2OS. The van der Waals surface area contributed by atoms with Crippen LogP contribution < -0.4 is 5.32 Å². The second-order valence-electron chi connectivity index (χ2n) is 5.96. The number of thiocarbonyl (C=S) groups is 1. The van der Waals surface area contributed by atoms with Gasteiger partial charge in [0.15, 0.2) is 10.9 Å². The first-order chi connectivity index (χ1) is 10.3. The van der Waals surface area contributed by atoms with Crippen molar-refractivity contribution in [1.29, 1.82) is 0 Å². The van der Waals surface area contributed by atoms with E-state index in [1.807, 2.05) is 25.8 Å². The highest BCUT2D eigenvalue weighted by Gasteiger charge is 2.28. The lowest BCUT2D eigenvalue weighted by Crippen LogP contribution is -2.48. The van der Waals surface area contributed by atoms with E-state index in [0.717, 1.165) is 18.5 Å². The third kappa shape index (κ3) is 6.56. The highest BCUT2D eigenvalue weighted by Crippen LogP contribution is 2.17. The molecule has 2 atom stereocenters. The van der Waals surface area contributed by atoms with Gasteiger partial charge < -0.3 is 10.2 Å². The number of hydrogen-bond acceptors (Lipinski definition) is 2. The molecule has 0 aliphatic carbocycles. The molecule has 0 heterocycles. The SMILES string of the molecule is C=C/C=C(\C=C)NC(=S)N(C)[C@H](CC(C)C)C(=O)C(C)CC.[HH]. The Bertz CT molecular complexity index is 446. The largest absolute Gasteiger partial charge is 0.342 e. The fraction of sp³-hybridized carbons (Fsp3) is 0.556. The number of Topliss-reactive ketones (excluding diaryl/α,β-unsaturated/α-hetero) is 1. The Morgan fingerprint density at radius 3 is 2.36 bits per heavy atom. The molecule has 0 rings (SSSR count). The first-order valence-corrected chi connectivity index (χ1v) is 8.21. The van der Waals surface area contributed by atoms with Gasteiger partial charge in [-0.2, -0.15) is 0 Å². The van der Waals surface area contributed by atoms with Crippen LogP contribution in [0.3, 0.4) is 0 Å². The third-order valence-corrected chi connectivity index (χ3v) is 4.07. The van der Waals surface area contributed by atoms with Crippen LogP contribution >= 0.6 is 12.2 Å². The third-order valence-electron chi connectivity index (χ3n) is 3.68. The average molecular weight is 325 g/mol. The number of nitrogens with one attached hydrogen (secondary N) is 1. The van der Waals surface area contributed by atoms with Gasteiger partial charge in [0, 0.05) is 20.1 Å². The van der Waals surface area contributed by atoms with Crippen molar-refractivity contribution in [2.75, 3.05) is 7.05 Å². The lowest BCUT2D eigenvalue weighted by Gasteiger charge is -2.32. The summed E-state index contributed by atoms with van der Waals surface area (Å²) in [6.45, 7) is 15.7. The molecule has 1 unspecified atom stereocenters. The maximum absolute atomic E-state index is 12.7. The summed E-state index contributed by atoms with van der Waals surface area (Å²) in [5, 5.41) is 3.63. The molecule has 1 N–H and O–H groups in total. The lowest BCUT2D eigenvalue weighted by atomic mass is 9.91. The predicted molar refractivity (Wildman–Crippen MR) is 102 cm³/mol. The highest BCUT2D eigenvalue weighted by molar-refractivity contribution is 7.80. The maximum atomic E-state index is 12.7. The Morgan fingerprint density at radius 2 is 1.95 bits per heavy atom. The summed E-state index contributed by atoms with van der Waals surface area (Å²) in [6.07, 6.45) is 6.77. The first-order valence-electron chi connectivity index (χ1n) is 7.81. The quantitative estimate of drug-likeness (QED) is 0.505. The fourth-order valence-corrected chi connectivity index (χ4v) is 2.33. The Kier molecular flexibility index (Phi) is 9.66. The summed E-state index contributed by atoms with van der Waals surface area (Å²) < 4.78 is 0. The Morgan fingerprint density at radius 1 is 1.36 bits per heavy atom. The second kappa shape index (κ2) is 10.3. The van der Waals surface area contributed by atoms with E-state index in [-0.39, 0.29) is 19.2 Å². The standard InChI is InChI=1S/C18H30N2OS.H2/c1-8-11-15(10-3)19-18(22)20(7)16(12-13(4)5)17(21)14(6)9-2;/h8,10-11,13-14,16H,1,3,9,12H2,2,4-7H3,(H,19,22);1H/b15-11+;/t14?,16-;/m1./s1. The van der Waals surface area contributed by atoms with E-state index in [0.29, 0.717) is 11.0 Å². The van der Waals surface area contributed by atoms with E-state index in [1.54, 1.807) is 18.2 Å². The van der Waals surface area contributed by atoms with Gasteiger partial charge >= 0.3 is 0 Å². The van der Waals surface area contributed by atoms with E-state index in [2.05, 4.69) is 32.3 Å². The van der Waals surface area contributed by atoms with Crippen LogP contribution in [-0.2, 0) is 4.79 Å². The van der Waals surface area contributed by atoms with E-state index in [4.69, 9.17) is 12.2 Å². The van der Waals surface area contributed by atoms with Gasteiger partial charge in [-0.05, 0) is 43.1 Å². The first kappa shape index (κ1) is 20.6. The predicted octanol–water partition coefficient (Wildman–Crippen LogP) is 4.32. The zero-order valence-electron chi connectivity index (χ0n) is 14.6. The normalized spacial score (nSPS) is 14.2. The van der Waals surface area contributed by atoms with Gasteiger partial charge in [-0.15, -0.1) is 0 Å². The van der Waals surface area contributed by atoms with Crippen LogP contribution in [-0.4, -0.2) is 28.9 Å². The summed E-state index contributed by atoms with van der Waals surface area (Å²) in [5.41, 5.74) is 0.770. The van der Waals surface area contributed by atoms with Crippen molar-refractivity contribution in [3.05, 3.63) is 37.1 Å². The van der Waals surface area contributed by atoms with Crippen molar-refractivity contribution in [1.82, 2.24) is 10.2 Å². The molecule has 0 radical (unpaired) electrons. The topological polar surface area (TPSA) is 32.3 Å². The van der Waals surface area contributed by atoms with Crippen LogP contribution in [0.1, 0.15) is 42.0 Å². The molecule has 0 amide bonds. The van der Waals surface area contributed by atoms with Crippen LogP contribution in [0.5, 0.6) is 0 Å². The highest BCUT2D eigenvalue weighted by atomic mass is 32.1. The summed E-state index contributed by atoms with van der Waals surface area (Å²) >= 11 is 5.44. The number of hydrogen-bond donors (Lipinski definition) is 1. The van der Waals surface area contributed by atoms with Gasteiger partial charge in [0.25, 0.3) is 0 Å². The van der Waals surface area contributed by atoms with E-state index < -0.39 is 0 Å². The van der Waals surface area contributed by atoms with Gasteiger partial charge in [0.05, 0.1) is 6.04 Å². The zero-order valence-corrected chi connectivity index (χ0v) is 15.4. The van der Waals surface area contributed by atoms with E-state index in [9.17, 15) is 4.79 Å². The number of rotatable bonds is 9. The van der Waals surface area contributed by atoms with Crippen molar-refractivity contribution in [3.8, 4) is 0 Å². The molecule has 0 aliphatic heterocycles. The molecule has 0 aromatic heterocycles. The summed E-state index contributed by atoms with van der Waals surface area (Å²) in [6, 6.07) is -0.204. The van der Waals surface area contributed by atoms with Gasteiger partial charge in [0.1, 0.15) is 0 Å². The molecule has 3 nitrogen and oxygen atoms in total. The lowest BCUT2D eigenvalue weighted by molar-refractivity contribution is -0.126. The van der Waals surface area contributed by atoms with Crippen LogP contribution in [0.15, 0.2) is 37.1 Å². The van der Waals surface area contributed by atoms with Gasteiger partial charge in [-0.25, -0.2) is 0 Å². The van der Waals surface area contributed by atoms with Crippen LogP contribution in [0.25, 0.3) is 0 Å². The summed E-state index contributed by atoms with van der Waals surface area (Å²) in [5.74, 6) is 0.707. The van der Waals surface area contributed by atoms with Crippen LogP contribution in [0.4, 0.5) is 0 Å². The molecule has 0 fully saturated rings. The molecule has 126 valence electrons. The monoisotopic (exact) mass is 324 g/mol. The van der Waals surface area contributed by atoms with Crippen molar-refractivity contribution in [2.45, 2.75) is 46.6 Å². The number of carbonyl (C=O) groups excluding carboxylic acids is 1. The van der Waals surface area contributed by atoms with E-state index in [1.165, 1.54) is 0 Å². The molecule has 22 heavy (non-hydrogen) atoms. The number of nitrogens with zero attached hydrogens (tertiary/aromatic N) is 1. The zero-order chi connectivity index (χ0) is 17.3. The summed E-state index contributed by atoms with van der Waals surface area (Å²) in [4.78, 5) is 14.5. The fourth-order valence-electron chi connectivity index (χ4n) is 2.08. The van der Waals surface area contributed by atoms with E-state index >= 15 is 0 Å². The van der Waals surface area contributed by atoms with Crippen molar-refractivity contribution in [3.63, 3.8) is 0 Å². The Labute approximate surface area is 142 Å². The molecular weight excluding hydrogens is 292 g/mol. The average Bonchev–Trinajstić information content (AvgIpc) is 2.49. The van der Waals surface area contributed by atoms with Crippen molar-refractivity contribution >= 4 is 23.1 Å². The minimum absolute atomic E-state index is 0. The Balaban J connectivity index is 0. The molecule has 0 saturated heterocycles. The second-order valence-corrected chi connectivity index (χ2v) is 6.35. The van der Waals surface area contributed by atoms with Crippen molar-refractivity contribution in [2.24, 2.45) is 11.8 Å².